The Labute approximate surface area is 111 Å². The molecule has 0 unspecified atom stereocenters. The molecule has 0 heterocycles. The average Bonchev–Trinajstić information content (AvgIpc) is 2.39. The fraction of sp³-hybridized carbons (Fsp3) is 0.286. The van der Waals surface area contributed by atoms with Gasteiger partial charge in [0, 0.05) is 12.0 Å². The molecule has 0 aliphatic carbocycles. The first-order valence-corrected chi connectivity index (χ1v) is 5.78. The topological polar surface area (TPSA) is 72.8 Å². The Morgan fingerprint density at radius 1 is 1.32 bits per heavy atom. The van der Waals surface area contributed by atoms with Crippen molar-refractivity contribution in [3.05, 3.63) is 29.3 Å². The third-order valence-corrected chi connectivity index (χ3v) is 2.42. The van der Waals surface area contributed by atoms with E-state index in [1.165, 1.54) is 20.1 Å². The van der Waals surface area contributed by atoms with Gasteiger partial charge in [0.2, 0.25) is 0 Å². The van der Waals surface area contributed by atoms with Crippen molar-refractivity contribution in [2.75, 3.05) is 7.11 Å². The van der Waals surface area contributed by atoms with Crippen LogP contribution in [-0.4, -0.2) is 24.2 Å². The van der Waals surface area contributed by atoms with Crippen molar-refractivity contribution in [1.82, 2.24) is 0 Å². The number of carboxylic acids is 1. The molecule has 1 rings (SSSR count). The molecule has 0 amide bonds. The van der Waals surface area contributed by atoms with E-state index in [9.17, 15) is 9.59 Å². The fourth-order valence-corrected chi connectivity index (χ4v) is 1.36. The molecule has 102 valence electrons. The lowest BCUT2D eigenvalue weighted by atomic mass is 10.1. The van der Waals surface area contributed by atoms with Crippen LogP contribution >= 0.6 is 0 Å². The van der Waals surface area contributed by atoms with Crippen LogP contribution in [0.2, 0.25) is 0 Å². The van der Waals surface area contributed by atoms with Crippen molar-refractivity contribution in [2.24, 2.45) is 0 Å². The van der Waals surface area contributed by atoms with E-state index in [0.29, 0.717) is 17.1 Å². The number of hydrogen-bond acceptors (Lipinski definition) is 4. The number of carbonyl (C=O) groups excluding carboxylic acids is 1. The molecule has 19 heavy (non-hydrogen) atoms. The summed E-state index contributed by atoms with van der Waals surface area (Å²) in [6.45, 7) is 3.20. The van der Waals surface area contributed by atoms with Crippen molar-refractivity contribution in [3.63, 3.8) is 0 Å². The van der Waals surface area contributed by atoms with Gasteiger partial charge in [0.05, 0.1) is 7.11 Å². The Kier molecular flexibility index (Phi) is 5.11. The molecule has 0 bridgehead atoms. The van der Waals surface area contributed by atoms with Gasteiger partial charge in [-0.25, -0.2) is 4.79 Å². The van der Waals surface area contributed by atoms with Crippen molar-refractivity contribution in [1.29, 1.82) is 0 Å². The summed E-state index contributed by atoms with van der Waals surface area (Å²) >= 11 is 0. The van der Waals surface area contributed by atoms with Gasteiger partial charge in [0.15, 0.2) is 11.5 Å². The van der Waals surface area contributed by atoms with Gasteiger partial charge < -0.3 is 14.6 Å². The van der Waals surface area contributed by atoms with Gasteiger partial charge in [0.25, 0.3) is 0 Å². The molecule has 0 atom stereocenters. The minimum atomic E-state index is -0.986. The quantitative estimate of drug-likeness (QED) is 0.502. The second-order valence-corrected chi connectivity index (χ2v) is 3.87. The lowest BCUT2D eigenvalue weighted by molar-refractivity contribution is -0.134. The molecule has 5 heteroatoms. The number of carbonyl (C=O) groups is 2. The van der Waals surface area contributed by atoms with E-state index in [0.717, 1.165) is 0 Å². The van der Waals surface area contributed by atoms with Crippen LogP contribution in [0.5, 0.6) is 11.5 Å². The maximum atomic E-state index is 11.2. The molecular formula is C14H16O5. The third kappa shape index (κ3) is 4.13. The van der Waals surface area contributed by atoms with Crippen LogP contribution in [-0.2, 0) is 9.59 Å². The lowest BCUT2D eigenvalue weighted by Gasteiger charge is -2.09. The highest BCUT2D eigenvalue weighted by molar-refractivity contribution is 5.91. The van der Waals surface area contributed by atoms with Gasteiger partial charge in [-0.2, -0.15) is 0 Å². The van der Waals surface area contributed by atoms with Gasteiger partial charge in [-0.3, -0.25) is 4.79 Å². The maximum absolute atomic E-state index is 11.2. The number of aliphatic carboxylic acids is 1. The van der Waals surface area contributed by atoms with Crippen LogP contribution in [0.3, 0.4) is 0 Å². The SMILES string of the molecule is CCC(=O)Oc1ccc(C=C(C)C(=O)O)cc1OC. The molecule has 0 aromatic heterocycles. The molecule has 1 aromatic carbocycles. The predicted octanol–water partition coefficient (Wildman–Crippen LogP) is 2.50. The number of esters is 1. The lowest BCUT2D eigenvalue weighted by Crippen LogP contribution is -2.06. The highest BCUT2D eigenvalue weighted by Gasteiger charge is 2.09. The Morgan fingerprint density at radius 2 is 2.00 bits per heavy atom. The van der Waals surface area contributed by atoms with Crippen molar-refractivity contribution in [3.8, 4) is 11.5 Å². The van der Waals surface area contributed by atoms with E-state index in [4.69, 9.17) is 14.6 Å². The predicted molar refractivity (Wildman–Crippen MR) is 70.2 cm³/mol. The molecule has 5 nitrogen and oxygen atoms in total. The molecular weight excluding hydrogens is 248 g/mol. The number of hydrogen-bond donors (Lipinski definition) is 1. The molecule has 1 aromatic rings. The molecule has 0 radical (unpaired) electrons. The molecule has 0 aliphatic rings. The summed E-state index contributed by atoms with van der Waals surface area (Å²) < 4.78 is 10.2. The number of benzene rings is 1. The summed E-state index contributed by atoms with van der Waals surface area (Å²) in [7, 11) is 1.45. The summed E-state index contributed by atoms with van der Waals surface area (Å²) in [4.78, 5) is 22.0. The van der Waals surface area contributed by atoms with E-state index < -0.39 is 5.97 Å². The van der Waals surface area contributed by atoms with Crippen LogP contribution in [0.4, 0.5) is 0 Å². The summed E-state index contributed by atoms with van der Waals surface area (Å²) in [5.41, 5.74) is 0.869. The minimum absolute atomic E-state index is 0.209. The monoisotopic (exact) mass is 264 g/mol. The first-order valence-electron chi connectivity index (χ1n) is 5.78. The Hall–Kier alpha value is -2.30. The molecule has 0 aliphatic heterocycles. The second kappa shape index (κ2) is 6.58. The van der Waals surface area contributed by atoms with Crippen LogP contribution in [0.25, 0.3) is 6.08 Å². The van der Waals surface area contributed by atoms with E-state index in [1.807, 2.05) is 0 Å². The average molecular weight is 264 g/mol. The number of carboxylic acid groups (broad SMARTS) is 1. The van der Waals surface area contributed by atoms with Crippen LogP contribution in [0, 0.1) is 0 Å². The Bertz CT molecular complexity index is 517. The maximum Gasteiger partial charge on any atom is 0.331 e. The fourth-order valence-electron chi connectivity index (χ4n) is 1.36. The molecule has 0 saturated carbocycles. The largest absolute Gasteiger partial charge is 0.493 e. The standard InChI is InChI=1S/C14H16O5/c1-4-13(15)19-11-6-5-10(8-12(11)18-3)7-9(2)14(16)17/h5-8H,4H2,1-3H3,(H,16,17). The third-order valence-electron chi connectivity index (χ3n) is 2.42. The molecule has 0 spiro atoms. The summed E-state index contributed by atoms with van der Waals surface area (Å²) in [5.74, 6) is -0.642. The second-order valence-electron chi connectivity index (χ2n) is 3.87. The first kappa shape index (κ1) is 14.8. The molecule has 1 N–H and O–H groups in total. The zero-order valence-corrected chi connectivity index (χ0v) is 11.1. The smallest absolute Gasteiger partial charge is 0.331 e. The summed E-state index contributed by atoms with van der Waals surface area (Å²) in [6.07, 6.45) is 1.78. The van der Waals surface area contributed by atoms with Crippen molar-refractivity contribution in [2.45, 2.75) is 20.3 Å². The van der Waals surface area contributed by atoms with Gasteiger partial charge in [-0.05, 0) is 30.7 Å². The van der Waals surface area contributed by atoms with Crippen LogP contribution in [0.1, 0.15) is 25.8 Å². The van der Waals surface area contributed by atoms with E-state index >= 15 is 0 Å². The van der Waals surface area contributed by atoms with Gasteiger partial charge in [-0.1, -0.05) is 13.0 Å². The van der Waals surface area contributed by atoms with Crippen LogP contribution < -0.4 is 9.47 Å². The summed E-state index contributed by atoms with van der Waals surface area (Å²) in [5, 5.41) is 8.81. The zero-order chi connectivity index (χ0) is 14.4. The number of rotatable bonds is 5. The molecule has 0 saturated heterocycles. The number of methoxy groups -OCH3 is 1. The Morgan fingerprint density at radius 3 is 2.53 bits per heavy atom. The van der Waals surface area contributed by atoms with Crippen molar-refractivity contribution < 1.29 is 24.2 Å². The van der Waals surface area contributed by atoms with Gasteiger partial charge in [-0.15, -0.1) is 0 Å². The number of ether oxygens (including phenoxy) is 2. The molecule has 0 fully saturated rings. The van der Waals surface area contributed by atoms with Crippen molar-refractivity contribution >= 4 is 18.0 Å². The van der Waals surface area contributed by atoms with Crippen LogP contribution in [0.15, 0.2) is 23.8 Å². The normalized spacial score (nSPS) is 11.0. The van der Waals surface area contributed by atoms with E-state index in [-0.39, 0.29) is 18.0 Å². The van der Waals surface area contributed by atoms with Gasteiger partial charge >= 0.3 is 11.9 Å². The minimum Gasteiger partial charge on any atom is -0.493 e. The first-order chi connectivity index (χ1) is 8.97. The highest BCUT2D eigenvalue weighted by atomic mass is 16.6. The zero-order valence-electron chi connectivity index (χ0n) is 11.1. The van der Waals surface area contributed by atoms with E-state index in [2.05, 4.69) is 0 Å². The van der Waals surface area contributed by atoms with E-state index in [1.54, 1.807) is 25.1 Å². The highest BCUT2D eigenvalue weighted by Crippen LogP contribution is 2.29. The van der Waals surface area contributed by atoms with Gasteiger partial charge in [0.1, 0.15) is 0 Å². The summed E-state index contributed by atoms with van der Waals surface area (Å²) in [6, 6.07) is 4.85. The Balaban J connectivity index is 3.05.